The number of aryl methyl sites for hydroxylation is 1. The number of methoxy groups -OCH3 is 1. The van der Waals surface area contributed by atoms with Gasteiger partial charge in [0, 0.05) is 18.2 Å². The number of benzene rings is 2. The Morgan fingerprint density at radius 1 is 1.07 bits per heavy atom. The minimum absolute atomic E-state index is 0.0541. The number of hydrogen-bond donors (Lipinski definition) is 0. The highest BCUT2D eigenvalue weighted by atomic mass is 35.5. The largest absolute Gasteiger partial charge is 0.485 e. The highest BCUT2D eigenvalue weighted by Gasteiger charge is 2.39. The Morgan fingerprint density at radius 3 is 2.55 bits per heavy atom. The zero-order chi connectivity index (χ0) is 29.8. The van der Waals surface area contributed by atoms with Gasteiger partial charge in [0.05, 0.1) is 30.9 Å². The van der Waals surface area contributed by atoms with Crippen molar-refractivity contribution < 1.29 is 19.0 Å². The van der Waals surface area contributed by atoms with E-state index in [4.69, 9.17) is 25.8 Å². The number of carbonyl (C=O) groups excluding carboxylic acids is 1. The molecule has 2 heterocycles. The molecule has 1 aliphatic heterocycles. The molecule has 3 aromatic rings. The molecule has 42 heavy (non-hydrogen) atoms. The molecule has 2 aliphatic rings. The Bertz CT molecular complexity index is 1400. The number of halogens is 1. The summed E-state index contributed by atoms with van der Waals surface area (Å²) in [6, 6.07) is 15.1. The molecule has 0 spiro atoms. The molecule has 5 rings (SSSR count). The fraction of sp³-hybridized carbons (Fsp3) is 0.486. The van der Waals surface area contributed by atoms with Crippen LogP contribution in [-0.2, 0) is 22.5 Å². The first kappa shape index (κ1) is 30.4. The van der Waals surface area contributed by atoms with Gasteiger partial charge in [-0.25, -0.2) is 4.98 Å². The number of rotatable bonds is 12. The van der Waals surface area contributed by atoms with Gasteiger partial charge in [-0.1, -0.05) is 62.7 Å². The molecule has 0 bridgehead atoms. The van der Waals surface area contributed by atoms with E-state index in [9.17, 15) is 4.79 Å². The highest BCUT2D eigenvalue weighted by molar-refractivity contribution is 6.33. The standard InChI is InChI=1S/C35H43ClN2O4/c1-6-38(7-2)21-27-17-25(13-15-28(27)29-19-33(41-8-3)37-20-30(29)36)31-16-14-23-9-12-26(18-32(23)42-31)34(24-10-11-24)22(4)35(39)40-5/h9,12-13,15,17-20,22,24,31,34H,6-8,10-11,14,16,21H2,1-5H3/t22-,31?,34-/m0/s1. The second-order valence-electron chi connectivity index (χ2n) is 11.5. The lowest BCUT2D eigenvalue weighted by molar-refractivity contribution is -0.145. The molecule has 1 unspecified atom stereocenters. The van der Waals surface area contributed by atoms with Gasteiger partial charge in [-0.3, -0.25) is 9.69 Å². The Morgan fingerprint density at radius 2 is 1.86 bits per heavy atom. The summed E-state index contributed by atoms with van der Waals surface area (Å²) in [5, 5.41) is 0.605. The summed E-state index contributed by atoms with van der Waals surface area (Å²) in [5.74, 6) is 1.85. The first-order chi connectivity index (χ1) is 20.4. The van der Waals surface area contributed by atoms with Crippen LogP contribution in [0.5, 0.6) is 11.6 Å². The summed E-state index contributed by atoms with van der Waals surface area (Å²) in [6.07, 6.45) is 5.78. The molecule has 6 nitrogen and oxygen atoms in total. The molecule has 1 fully saturated rings. The molecule has 1 aliphatic carbocycles. The van der Waals surface area contributed by atoms with Crippen LogP contribution in [0.25, 0.3) is 11.1 Å². The Kier molecular flexibility index (Phi) is 9.74. The zero-order valence-corrected chi connectivity index (χ0v) is 26.2. The van der Waals surface area contributed by atoms with Crippen molar-refractivity contribution >= 4 is 17.6 Å². The van der Waals surface area contributed by atoms with Crippen molar-refractivity contribution in [2.75, 3.05) is 26.8 Å². The topological polar surface area (TPSA) is 60.9 Å². The molecule has 0 N–H and O–H groups in total. The van der Waals surface area contributed by atoms with E-state index in [1.54, 1.807) is 6.20 Å². The lowest BCUT2D eigenvalue weighted by Crippen LogP contribution is -2.23. The van der Waals surface area contributed by atoms with Crippen LogP contribution in [-0.4, -0.2) is 42.7 Å². The molecule has 224 valence electrons. The fourth-order valence-corrected chi connectivity index (χ4v) is 6.54. The van der Waals surface area contributed by atoms with Crippen LogP contribution in [0.4, 0.5) is 0 Å². The van der Waals surface area contributed by atoms with Gasteiger partial charge in [-0.2, -0.15) is 0 Å². The van der Waals surface area contributed by atoms with Crippen molar-refractivity contribution in [2.45, 2.75) is 71.9 Å². The van der Waals surface area contributed by atoms with Gasteiger partial charge in [-0.05, 0) is 91.4 Å². The van der Waals surface area contributed by atoms with Crippen LogP contribution in [0.15, 0.2) is 48.7 Å². The van der Waals surface area contributed by atoms with Crippen molar-refractivity contribution in [1.82, 2.24) is 9.88 Å². The summed E-state index contributed by atoms with van der Waals surface area (Å²) in [7, 11) is 1.48. The predicted octanol–water partition coefficient (Wildman–Crippen LogP) is 8.01. The van der Waals surface area contributed by atoms with Crippen LogP contribution in [0.2, 0.25) is 5.02 Å². The van der Waals surface area contributed by atoms with E-state index in [1.807, 2.05) is 19.9 Å². The molecule has 0 amide bonds. The second-order valence-corrected chi connectivity index (χ2v) is 11.9. The number of ether oxygens (including phenoxy) is 3. The average Bonchev–Trinajstić information content (AvgIpc) is 3.85. The van der Waals surface area contributed by atoms with Crippen LogP contribution >= 0.6 is 11.6 Å². The van der Waals surface area contributed by atoms with E-state index in [0.29, 0.717) is 23.4 Å². The molecule has 2 aromatic carbocycles. The van der Waals surface area contributed by atoms with Gasteiger partial charge in [0.1, 0.15) is 11.9 Å². The maximum atomic E-state index is 12.5. The number of aromatic nitrogens is 1. The third-order valence-electron chi connectivity index (χ3n) is 8.86. The third-order valence-corrected chi connectivity index (χ3v) is 9.17. The first-order valence-electron chi connectivity index (χ1n) is 15.4. The van der Waals surface area contributed by atoms with Crippen molar-refractivity contribution in [2.24, 2.45) is 11.8 Å². The molecule has 3 atom stereocenters. The predicted molar refractivity (Wildman–Crippen MR) is 167 cm³/mol. The molecule has 1 saturated carbocycles. The third kappa shape index (κ3) is 6.60. The van der Waals surface area contributed by atoms with Crippen LogP contribution < -0.4 is 9.47 Å². The number of nitrogens with zero attached hydrogens (tertiary/aromatic N) is 2. The van der Waals surface area contributed by atoms with Crippen LogP contribution in [0.3, 0.4) is 0 Å². The average molecular weight is 591 g/mol. The van der Waals surface area contributed by atoms with E-state index >= 15 is 0 Å². The van der Waals surface area contributed by atoms with E-state index in [0.717, 1.165) is 67.8 Å². The lowest BCUT2D eigenvalue weighted by atomic mass is 9.82. The summed E-state index contributed by atoms with van der Waals surface area (Å²) < 4.78 is 17.5. The number of pyridine rings is 1. The molecule has 0 radical (unpaired) electrons. The molecule has 7 heteroatoms. The van der Waals surface area contributed by atoms with Gasteiger partial charge in [0.15, 0.2) is 0 Å². The van der Waals surface area contributed by atoms with Gasteiger partial charge >= 0.3 is 5.97 Å². The van der Waals surface area contributed by atoms with E-state index < -0.39 is 0 Å². The van der Waals surface area contributed by atoms with Crippen molar-refractivity contribution in [3.8, 4) is 22.8 Å². The number of fused-ring (bicyclic) bond motifs is 1. The second kappa shape index (κ2) is 13.5. The quantitative estimate of drug-likeness (QED) is 0.199. The maximum Gasteiger partial charge on any atom is 0.309 e. The number of hydrogen-bond acceptors (Lipinski definition) is 6. The summed E-state index contributed by atoms with van der Waals surface area (Å²) in [5.41, 5.74) is 6.77. The van der Waals surface area contributed by atoms with Crippen LogP contribution in [0, 0.1) is 11.8 Å². The SMILES string of the molecule is CCOc1cc(-c2ccc(C3CCc4ccc([C@H](C5CC5)[C@H](C)C(=O)OC)cc4O3)cc2CN(CC)CC)c(Cl)cn1. The molecule has 1 aromatic heterocycles. The minimum Gasteiger partial charge on any atom is -0.485 e. The van der Waals surface area contributed by atoms with E-state index in [2.05, 4.69) is 60.1 Å². The molecular weight excluding hydrogens is 548 g/mol. The summed E-state index contributed by atoms with van der Waals surface area (Å²) in [6.45, 7) is 11.6. The monoisotopic (exact) mass is 590 g/mol. The Balaban J connectivity index is 1.46. The highest BCUT2D eigenvalue weighted by Crippen LogP contribution is 2.48. The lowest BCUT2D eigenvalue weighted by Gasteiger charge is -2.30. The fourth-order valence-electron chi connectivity index (χ4n) is 6.33. The van der Waals surface area contributed by atoms with E-state index in [-0.39, 0.29) is 23.9 Å². The molecule has 0 saturated heterocycles. The van der Waals surface area contributed by atoms with Gasteiger partial charge in [0.25, 0.3) is 0 Å². The summed E-state index contributed by atoms with van der Waals surface area (Å²) >= 11 is 6.68. The maximum absolute atomic E-state index is 12.5. The first-order valence-corrected chi connectivity index (χ1v) is 15.8. The van der Waals surface area contributed by atoms with Gasteiger partial charge in [0.2, 0.25) is 5.88 Å². The van der Waals surface area contributed by atoms with Gasteiger partial charge in [-0.15, -0.1) is 0 Å². The minimum atomic E-state index is -0.182. The van der Waals surface area contributed by atoms with Crippen molar-refractivity contribution in [3.63, 3.8) is 0 Å². The van der Waals surface area contributed by atoms with E-state index in [1.165, 1.54) is 23.8 Å². The molecular formula is C35H43ClN2O4. The van der Waals surface area contributed by atoms with Crippen molar-refractivity contribution in [3.05, 3.63) is 75.9 Å². The number of esters is 1. The number of carbonyl (C=O) groups is 1. The van der Waals surface area contributed by atoms with Crippen molar-refractivity contribution in [1.29, 1.82) is 0 Å². The summed E-state index contributed by atoms with van der Waals surface area (Å²) in [4.78, 5) is 19.2. The zero-order valence-electron chi connectivity index (χ0n) is 25.5. The Labute approximate surface area is 255 Å². The van der Waals surface area contributed by atoms with Crippen LogP contribution in [0.1, 0.15) is 81.2 Å². The smallest absolute Gasteiger partial charge is 0.309 e. The Hall–Kier alpha value is -3.09. The van der Waals surface area contributed by atoms with Gasteiger partial charge < -0.3 is 14.2 Å². The normalized spacial score (nSPS) is 17.7.